The zero-order valence-electron chi connectivity index (χ0n) is 8.36. The molecule has 0 radical (unpaired) electrons. The summed E-state index contributed by atoms with van der Waals surface area (Å²) in [6.07, 6.45) is 4.31. The van der Waals surface area contributed by atoms with E-state index in [0.29, 0.717) is 0 Å². The molecule has 3 N–H and O–H groups in total. The van der Waals surface area contributed by atoms with E-state index in [1.807, 2.05) is 18.3 Å². The first-order chi connectivity index (χ1) is 7.34. The van der Waals surface area contributed by atoms with Crippen molar-refractivity contribution in [3.63, 3.8) is 0 Å². The number of hydrogen-bond acceptors (Lipinski definition) is 3. The van der Waals surface area contributed by atoms with Crippen molar-refractivity contribution in [1.82, 2.24) is 9.97 Å². The standard InChI is InChI=1S/C11H13N3S/c12-7-11(3-4-11)9-6-15-10(14-9)8-2-1-5-13-8/h1-2,5-6,13H,3-4,7,12H2. The number of H-pyrrole nitrogens is 1. The van der Waals surface area contributed by atoms with E-state index >= 15 is 0 Å². The van der Waals surface area contributed by atoms with Gasteiger partial charge in [-0.15, -0.1) is 11.3 Å². The Morgan fingerprint density at radius 3 is 3.00 bits per heavy atom. The fourth-order valence-corrected chi connectivity index (χ4v) is 2.75. The number of thiazole rings is 1. The number of nitrogens with two attached hydrogens (primary N) is 1. The Hall–Kier alpha value is -1.13. The van der Waals surface area contributed by atoms with Crippen molar-refractivity contribution in [2.24, 2.45) is 5.73 Å². The first kappa shape index (κ1) is 9.12. The lowest BCUT2D eigenvalue weighted by atomic mass is 10.1. The lowest BCUT2D eigenvalue weighted by molar-refractivity contribution is 0.684. The topological polar surface area (TPSA) is 54.7 Å². The van der Waals surface area contributed by atoms with Crippen molar-refractivity contribution in [2.45, 2.75) is 18.3 Å². The fourth-order valence-electron chi connectivity index (χ4n) is 1.82. The molecule has 0 saturated heterocycles. The van der Waals surface area contributed by atoms with Crippen LogP contribution >= 0.6 is 11.3 Å². The molecular formula is C11H13N3S. The lowest BCUT2D eigenvalue weighted by Gasteiger charge is -2.06. The summed E-state index contributed by atoms with van der Waals surface area (Å²) in [7, 11) is 0. The molecule has 3 nitrogen and oxygen atoms in total. The monoisotopic (exact) mass is 219 g/mol. The van der Waals surface area contributed by atoms with Gasteiger partial charge in [0.15, 0.2) is 0 Å². The van der Waals surface area contributed by atoms with Gasteiger partial charge in [0.25, 0.3) is 0 Å². The summed E-state index contributed by atoms with van der Waals surface area (Å²) in [5.41, 5.74) is 8.27. The highest BCUT2D eigenvalue weighted by Crippen LogP contribution is 2.47. The first-order valence-corrected chi connectivity index (χ1v) is 6.02. The molecule has 1 aliphatic rings. The van der Waals surface area contributed by atoms with Gasteiger partial charge in [0.2, 0.25) is 0 Å². The Morgan fingerprint density at radius 2 is 2.40 bits per heavy atom. The largest absolute Gasteiger partial charge is 0.359 e. The van der Waals surface area contributed by atoms with Gasteiger partial charge in [0, 0.05) is 23.5 Å². The first-order valence-electron chi connectivity index (χ1n) is 5.14. The minimum Gasteiger partial charge on any atom is -0.359 e. The highest BCUT2D eigenvalue weighted by atomic mass is 32.1. The highest BCUT2D eigenvalue weighted by molar-refractivity contribution is 7.13. The molecule has 2 heterocycles. The van der Waals surface area contributed by atoms with E-state index in [0.717, 1.165) is 17.2 Å². The molecule has 1 aliphatic carbocycles. The third-order valence-electron chi connectivity index (χ3n) is 3.12. The van der Waals surface area contributed by atoms with Crippen LogP contribution in [0.1, 0.15) is 18.5 Å². The van der Waals surface area contributed by atoms with Crippen molar-refractivity contribution in [2.75, 3.05) is 6.54 Å². The van der Waals surface area contributed by atoms with Crippen LogP contribution in [-0.2, 0) is 5.41 Å². The zero-order chi connectivity index (χ0) is 10.3. The van der Waals surface area contributed by atoms with Crippen LogP contribution in [0.15, 0.2) is 23.7 Å². The maximum Gasteiger partial charge on any atom is 0.139 e. The molecule has 2 aromatic heterocycles. The Balaban J connectivity index is 1.95. The molecule has 0 amide bonds. The molecule has 0 spiro atoms. The molecule has 0 aliphatic heterocycles. The van der Waals surface area contributed by atoms with Crippen molar-refractivity contribution in [3.05, 3.63) is 29.4 Å². The molecule has 78 valence electrons. The summed E-state index contributed by atoms with van der Waals surface area (Å²) in [5, 5.41) is 3.21. The maximum atomic E-state index is 5.79. The van der Waals surface area contributed by atoms with Gasteiger partial charge in [-0.05, 0) is 25.0 Å². The average Bonchev–Trinajstić information content (AvgIpc) is 2.74. The summed E-state index contributed by atoms with van der Waals surface area (Å²) < 4.78 is 0. The van der Waals surface area contributed by atoms with Gasteiger partial charge >= 0.3 is 0 Å². The van der Waals surface area contributed by atoms with E-state index in [-0.39, 0.29) is 5.41 Å². The van der Waals surface area contributed by atoms with Crippen molar-refractivity contribution < 1.29 is 0 Å². The molecular weight excluding hydrogens is 206 g/mol. The van der Waals surface area contributed by atoms with E-state index < -0.39 is 0 Å². The van der Waals surface area contributed by atoms with Crippen LogP contribution in [0.2, 0.25) is 0 Å². The van der Waals surface area contributed by atoms with Crippen LogP contribution in [0.3, 0.4) is 0 Å². The smallest absolute Gasteiger partial charge is 0.139 e. The summed E-state index contributed by atoms with van der Waals surface area (Å²) in [5.74, 6) is 0. The molecule has 0 atom stereocenters. The van der Waals surface area contributed by atoms with Crippen LogP contribution < -0.4 is 5.73 Å². The van der Waals surface area contributed by atoms with E-state index in [9.17, 15) is 0 Å². The van der Waals surface area contributed by atoms with E-state index in [1.54, 1.807) is 11.3 Å². The number of hydrogen-bond donors (Lipinski definition) is 2. The van der Waals surface area contributed by atoms with Gasteiger partial charge < -0.3 is 10.7 Å². The van der Waals surface area contributed by atoms with Gasteiger partial charge in [-0.3, -0.25) is 0 Å². The molecule has 15 heavy (non-hydrogen) atoms. The maximum absolute atomic E-state index is 5.79. The molecule has 4 heteroatoms. The van der Waals surface area contributed by atoms with Gasteiger partial charge in [0.05, 0.1) is 11.4 Å². The molecule has 1 saturated carbocycles. The predicted octanol–water partition coefficient (Wildman–Crippen LogP) is 2.13. The second-order valence-electron chi connectivity index (χ2n) is 4.11. The second-order valence-corrected chi connectivity index (χ2v) is 4.96. The minimum atomic E-state index is 0.210. The molecule has 0 aromatic carbocycles. The number of nitrogens with one attached hydrogen (secondary N) is 1. The van der Waals surface area contributed by atoms with Crippen molar-refractivity contribution in [3.8, 4) is 10.7 Å². The number of rotatable bonds is 3. The predicted molar refractivity (Wildman–Crippen MR) is 61.9 cm³/mol. The zero-order valence-corrected chi connectivity index (χ0v) is 9.18. The molecule has 3 rings (SSSR count). The summed E-state index contributed by atoms with van der Waals surface area (Å²) >= 11 is 1.69. The second kappa shape index (κ2) is 3.18. The molecule has 0 bridgehead atoms. The minimum absolute atomic E-state index is 0.210. The third-order valence-corrected chi connectivity index (χ3v) is 4.00. The van der Waals surface area contributed by atoms with Gasteiger partial charge in [-0.1, -0.05) is 0 Å². The van der Waals surface area contributed by atoms with E-state index in [1.165, 1.54) is 18.5 Å². The lowest BCUT2D eigenvalue weighted by Crippen LogP contribution is -2.19. The Bertz CT molecular complexity index is 454. The Kier molecular flexibility index (Phi) is 1.94. The van der Waals surface area contributed by atoms with Crippen molar-refractivity contribution >= 4 is 11.3 Å². The SMILES string of the molecule is NCC1(c2csc(-c3ccc[nH]3)n2)CC1. The van der Waals surface area contributed by atoms with Crippen LogP contribution in [0.5, 0.6) is 0 Å². The van der Waals surface area contributed by atoms with Gasteiger partial charge in [-0.2, -0.15) is 0 Å². The van der Waals surface area contributed by atoms with Crippen LogP contribution in [0.4, 0.5) is 0 Å². The highest BCUT2D eigenvalue weighted by Gasteiger charge is 2.44. The average molecular weight is 219 g/mol. The molecule has 1 fully saturated rings. The van der Waals surface area contributed by atoms with E-state index in [2.05, 4.69) is 15.3 Å². The Labute approximate surface area is 92.4 Å². The quantitative estimate of drug-likeness (QED) is 0.831. The van der Waals surface area contributed by atoms with Gasteiger partial charge in [0.1, 0.15) is 5.01 Å². The summed E-state index contributed by atoms with van der Waals surface area (Å²) in [6.45, 7) is 0.723. The van der Waals surface area contributed by atoms with Crippen LogP contribution in [0, 0.1) is 0 Å². The van der Waals surface area contributed by atoms with Crippen LogP contribution in [0.25, 0.3) is 10.7 Å². The number of aromatic amines is 1. The number of nitrogens with zero attached hydrogens (tertiary/aromatic N) is 1. The molecule has 2 aromatic rings. The van der Waals surface area contributed by atoms with Crippen molar-refractivity contribution in [1.29, 1.82) is 0 Å². The van der Waals surface area contributed by atoms with Crippen LogP contribution in [-0.4, -0.2) is 16.5 Å². The fraction of sp³-hybridized carbons (Fsp3) is 0.364. The third kappa shape index (κ3) is 1.41. The summed E-state index contributed by atoms with van der Waals surface area (Å²) in [6, 6.07) is 4.04. The Morgan fingerprint density at radius 1 is 1.53 bits per heavy atom. The molecule has 0 unspecified atom stereocenters. The van der Waals surface area contributed by atoms with Gasteiger partial charge in [-0.25, -0.2) is 4.98 Å². The number of aromatic nitrogens is 2. The summed E-state index contributed by atoms with van der Waals surface area (Å²) in [4.78, 5) is 7.84. The van der Waals surface area contributed by atoms with E-state index in [4.69, 9.17) is 5.73 Å². The normalized spacial score (nSPS) is 17.9.